The van der Waals surface area contributed by atoms with Gasteiger partial charge in [-0.15, -0.1) is 0 Å². The first kappa shape index (κ1) is 101. The van der Waals surface area contributed by atoms with Gasteiger partial charge in [0.1, 0.15) is 19.8 Å². The number of hydrogen-bond donors (Lipinski definition) is 0. The number of ether oxygens (including phenoxy) is 2. The van der Waals surface area contributed by atoms with Gasteiger partial charge in [0.15, 0.2) is 6.10 Å². The zero-order chi connectivity index (χ0) is 76.8. The highest BCUT2D eigenvalue weighted by atomic mass is 31.2. The molecule has 9 nitrogen and oxygen atoms in total. The van der Waals surface area contributed by atoms with Gasteiger partial charge in [-0.05, 0) is 128 Å². The molecule has 2 unspecified atom stereocenters. The van der Waals surface area contributed by atoms with E-state index in [2.05, 4.69) is 184 Å². The number of carbonyl (C=O) groups is 2. The Balaban J connectivity index is 3.93. The molecule has 0 radical (unpaired) electrons. The van der Waals surface area contributed by atoms with E-state index in [1.807, 2.05) is 21.1 Å². The molecule has 0 aromatic carbocycles. The Morgan fingerprint density at radius 3 is 0.755 bits per heavy atom. The second-order valence-electron chi connectivity index (χ2n) is 30.1. The summed E-state index contributed by atoms with van der Waals surface area (Å²) in [4.78, 5) is 38.3. The van der Waals surface area contributed by atoms with E-state index in [0.717, 1.165) is 128 Å². The quantitative estimate of drug-likeness (QED) is 0.0195. The van der Waals surface area contributed by atoms with Crippen molar-refractivity contribution < 1.29 is 42.1 Å². The minimum atomic E-state index is -4.65. The van der Waals surface area contributed by atoms with Crippen LogP contribution >= 0.6 is 7.82 Å². The number of quaternary nitrogens is 1. The van der Waals surface area contributed by atoms with E-state index in [1.54, 1.807) is 0 Å². The van der Waals surface area contributed by atoms with E-state index >= 15 is 0 Å². The molecule has 0 aromatic rings. The second-order valence-corrected chi connectivity index (χ2v) is 31.6. The molecule has 606 valence electrons. The number of allylic oxidation sites excluding steroid dienone is 28. The molecule has 0 amide bonds. The molecule has 0 fully saturated rings. The molecule has 0 saturated carbocycles. The van der Waals surface area contributed by atoms with E-state index in [0.29, 0.717) is 17.4 Å². The Labute approximate surface area is 655 Å². The predicted molar refractivity (Wildman–Crippen MR) is 461 cm³/mol. The molecule has 0 aliphatic heterocycles. The Morgan fingerprint density at radius 2 is 0.509 bits per heavy atom. The van der Waals surface area contributed by atoms with Crippen LogP contribution in [-0.4, -0.2) is 70.0 Å². The Bertz CT molecular complexity index is 2410. The molecule has 0 aliphatic carbocycles. The molecule has 2 atom stereocenters. The van der Waals surface area contributed by atoms with E-state index < -0.39 is 26.5 Å². The van der Waals surface area contributed by atoms with Crippen molar-refractivity contribution >= 4 is 19.8 Å². The third kappa shape index (κ3) is 88.3. The van der Waals surface area contributed by atoms with Crippen LogP contribution < -0.4 is 4.89 Å². The lowest BCUT2D eigenvalue weighted by Gasteiger charge is -2.28. The van der Waals surface area contributed by atoms with Gasteiger partial charge in [-0.2, -0.15) is 0 Å². The second kappa shape index (κ2) is 84.4. The Morgan fingerprint density at radius 1 is 0.292 bits per heavy atom. The molecular weight excluding hydrogens is 1330 g/mol. The predicted octanol–water partition coefficient (Wildman–Crippen LogP) is 29.3. The van der Waals surface area contributed by atoms with Gasteiger partial charge in [-0.1, -0.05) is 402 Å². The van der Waals surface area contributed by atoms with Crippen LogP contribution in [0.1, 0.15) is 373 Å². The molecule has 106 heavy (non-hydrogen) atoms. The van der Waals surface area contributed by atoms with Crippen LogP contribution in [0.4, 0.5) is 0 Å². The normalized spacial score (nSPS) is 13.8. The summed E-state index contributed by atoms with van der Waals surface area (Å²) in [6.45, 7) is 4.04. The topological polar surface area (TPSA) is 111 Å². The van der Waals surface area contributed by atoms with Gasteiger partial charge >= 0.3 is 11.9 Å². The molecule has 0 saturated heterocycles. The molecule has 0 aliphatic rings. The molecule has 10 heteroatoms. The molecule has 0 spiro atoms. The van der Waals surface area contributed by atoms with Gasteiger partial charge in [-0.3, -0.25) is 14.2 Å². The van der Waals surface area contributed by atoms with Crippen LogP contribution in [0.25, 0.3) is 0 Å². The number of nitrogens with zero attached hydrogens (tertiary/aromatic N) is 1. The highest BCUT2D eigenvalue weighted by Gasteiger charge is 2.22. The van der Waals surface area contributed by atoms with Gasteiger partial charge in [0.05, 0.1) is 27.7 Å². The summed E-state index contributed by atoms with van der Waals surface area (Å²) in [5.74, 6) is -0.823. The third-order valence-electron chi connectivity index (χ3n) is 18.7. The average molecular weight is 1490 g/mol. The SMILES string of the molecule is CC/C=C\C/C=C\C/C=C\C/C=C\C/C=C\C/C=C\C/C=C\C/C=C\CCCCCCCCCCCCCCCCCCC(=O)OC(COC(=O)CCCCCCCCCCCCCCCCCCCCCCCC/C=C\C/C=C\C/C=C\C/C=C\C/C=C\C/C=C\CC)COP(=O)([O-])OCC[N+](C)(C)C. The summed E-state index contributed by atoms with van der Waals surface area (Å²) >= 11 is 0. The van der Waals surface area contributed by atoms with E-state index in [-0.39, 0.29) is 32.0 Å². The third-order valence-corrected chi connectivity index (χ3v) is 19.7. The van der Waals surface area contributed by atoms with Crippen molar-refractivity contribution in [2.75, 3.05) is 47.5 Å². The molecule has 0 N–H and O–H groups in total. The van der Waals surface area contributed by atoms with Crippen molar-refractivity contribution in [3.05, 3.63) is 170 Å². The fourth-order valence-electron chi connectivity index (χ4n) is 12.2. The van der Waals surface area contributed by atoms with Crippen molar-refractivity contribution in [2.24, 2.45) is 0 Å². The van der Waals surface area contributed by atoms with Crippen LogP contribution in [-0.2, 0) is 32.7 Å². The molecule has 0 aromatic heterocycles. The smallest absolute Gasteiger partial charge is 0.306 e. The van der Waals surface area contributed by atoms with Crippen LogP contribution in [0.5, 0.6) is 0 Å². The van der Waals surface area contributed by atoms with Gasteiger partial charge in [0.25, 0.3) is 7.82 Å². The maximum atomic E-state index is 12.9. The Hall–Kier alpha value is -4.63. The summed E-state index contributed by atoms with van der Waals surface area (Å²) in [5.41, 5.74) is 0. The maximum absolute atomic E-state index is 12.9. The van der Waals surface area contributed by atoms with E-state index in [4.69, 9.17) is 18.5 Å². The van der Waals surface area contributed by atoms with Gasteiger partial charge in [-0.25, -0.2) is 0 Å². The lowest BCUT2D eigenvalue weighted by atomic mass is 10.0. The number of rotatable bonds is 80. The standard InChI is InChI=1S/C96H164NO8P/c1-6-8-10-12-14-16-18-20-22-24-26-28-30-32-34-36-38-40-42-44-46-48-50-52-54-56-58-60-62-64-66-68-70-72-74-76-78-80-82-84-86-88-95(98)102-92-94(93-104-106(100,101)103-91-90-97(3,4)5)105-96(99)89-87-85-83-81-79-77-75-73-71-69-67-65-63-61-59-57-55-53-51-49-47-45-43-41-39-37-35-33-31-29-27-25-23-21-19-17-15-13-11-9-7-2/h8-11,14-17,20-23,26-29,32-35,38-41,45,47,51,53,94H,6-7,12-13,18-19,24-25,30-31,36-37,42-44,46,48-50,52,54-93H2,1-5H3/b10-8-,11-9-,16-14-,17-15-,22-20-,23-21-,28-26-,29-27-,34-32-,35-33-,40-38-,41-39-,47-45-,53-51-. The Kier molecular flexibility index (Phi) is 80.7. The molecule has 0 heterocycles. The summed E-state index contributed by atoms with van der Waals surface area (Å²) in [6, 6.07) is 0. The fraction of sp³-hybridized carbons (Fsp3) is 0.688. The molecule has 0 bridgehead atoms. The number of esters is 2. The van der Waals surface area contributed by atoms with Crippen LogP contribution in [0.15, 0.2) is 170 Å². The molecule has 0 rings (SSSR count). The average Bonchev–Trinajstić information content (AvgIpc) is 0.908. The monoisotopic (exact) mass is 1490 g/mol. The highest BCUT2D eigenvalue weighted by Crippen LogP contribution is 2.38. The lowest BCUT2D eigenvalue weighted by Crippen LogP contribution is -2.37. The first-order chi connectivity index (χ1) is 52.0. The fourth-order valence-corrected chi connectivity index (χ4v) is 12.9. The van der Waals surface area contributed by atoms with Gasteiger partial charge in [0, 0.05) is 12.8 Å². The number of phosphoric acid groups is 1. The summed E-state index contributed by atoms with van der Waals surface area (Å²) < 4.78 is 34.5. The van der Waals surface area contributed by atoms with Crippen molar-refractivity contribution in [1.29, 1.82) is 0 Å². The number of carbonyl (C=O) groups excluding carboxylic acids is 2. The highest BCUT2D eigenvalue weighted by molar-refractivity contribution is 7.45. The first-order valence-corrected chi connectivity index (χ1v) is 45.3. The summed E-state index contributed by atoms with van der Waals surface area (Å²) in [6.07, 6.45) is 128. The minimum Gasteiger partial charge on any atom is -0.756 e. The molecular formula is C96H164NO8P. The van der Waals surface area contributed by atoms with Crippen LogP contribution in [0.2, 0.25) is 0 Å². The summed E-state index contributed by atoms with van der Waals surface area (Å²) in [5, 5.41) is 0. The van der Waals surface area contributed by atoms with Crippen molar-refractivity contribution in [2.45, 2.75) is 380 Å². The first-order valence-electron chi connectivity index (χ1n) is 43.8. The lowest BCUT2D eigenvalue weighted by molar-refractivity contribution is -0.870. The number of hydrogen-bond acceptors (Lipinski definition) is 8. The van der Waals surface area contributed by atoms with E-state index in [1.165, 1.54) is 212 Å². The number of phosphoric ester groups is 1. The van der Waals surface area contributed by atoms with Gasteiger partial charge < -0.3 is 27.9 Å². The van der Waals surface area contributed by atoms with Gasteiger partial charge in [0.2, 0.25) is 0 Å². The maximum Gasteiger partial charge on any atom is 0.306 e. The number of likely N-dealkylation sites (N-methyl/N-ethyl adjacent to an activating group) is 1. The van der Waals surface area contributed by atoms with Crippen molar-refractivity contribution in [3.63, 3.8) is 0 Å². The van der Waals surface area contributed by atoms with Crippen LogP contribution in [0, 0.1) is 0 Å². The summed E-state index contributed by atoms with van der Waals surface area (Å²) in [7, 11) is 1.17. The largest absolute Gasteiger partial charge is 0.756 e. The number of unbranched alkanes of at least 4 members (excludes halogenated alkanes) is 38. The van der Waals surface area contributed by atoms with Crippen molar-refractivity contribution in [3.8, 4) is 0 Å². The minimum absolute atomic E-state index is 0.0342. The zero-order valence-corrected chi connectivity index (χ0v) is 70.2. The zero-order valence-electron chi connectivity index (χ0n) is 69.3. The van der Waals surface area contributed by atoms with Crippen LogP contribution in [0.3, 0.4) is 0 Å². The van der Waals surface area contributed by atoms with Crippen molar-refractivity contribution in [1.82, 2.24) is 0 Å². The van der Waals surface area contributed by atoms with E-state index in [9.17, 15) is 19.0 Å².